The van der Waals surface area contributed by atoms with E-state index in [0.29, 0.717) is 11.8 Å². The molecule has 5 nitrogen and oxygen atoms in total. The van der Waals surface area contributed by atoms with E-state index in [1.807, 2.05) is 6.92 Å². The minimum absolute atomic E-state index is 0.117. The first-order chi connectivity index (χ1) is 6.81. The van der Waals surface area contributed by atoms with Gasteiger partial charge in [-0.1, -0.05) is 22.9 Å². The molecule has 0 bridgehead atoms. The van der Waals surface area contributed by atoms with Gasteiger partial charge in [-0.3, -0.25) is 5.10 Å². The number of hydrogen-bond donors (Lipinski definition) is 1. The van der Waals surface area contributed by atoms with Crippen molar-refractivity contribution in [3.63, 3.8) is 0 Å². The first-order valence-corrected chi connectivity index (χ1v) is 5.20. The summed E-state index contributed by atoms with van der Waals surface area (Å²) in [6.07, 6.45) is 2.55. The second-order valence-corrected chi connectivity index (χ2v) is 3.90. The van der Waals surface area contributed by atoms with Crippen molar-refractivity contribution in [2.75, 3.05) is 0 Å². The van der Waals surface area contributed by atoms with Crippen LogP contribution < -0.4 is 0 Å². The van der Waals surface area contributed by atoms with Crippen molar-refractivity contribution in [1.29, 1.82) is 0 Å². The molecule has 0 saturated heterocycles. The Labute approximate surface area is 89.1 Å². The predicted molar refractivity (Wildman–Crippen MR) is 53.8 cm³/mol. The summed E-state index contributed by atoms with van der Waals surface area (Å²) in [5.41, 5.74) is 0.736. The van der Waals surface area contributed by atoms with Crippen LogP contribution in [0.5, 0.6) is 0 Å². The van der Waals surface area contributed by atoms with Crippen molar-refractivity contribution in [1.82, 2.24) is 20.4 Å². The monoisotopic (exact) mass is 256 g/mol. The second-order valence-electron chi connectivity index (χ2n) is 2.79. The van der Waals surface area contributed by atoms with Gasteiger partial charge in [0.25, 0.3) is 5.89 Å². The normalized spacial score (nSPS) is 13.0. The maximum atomic E-state index is 5.44. The van der Waals surface area contributed by atoms with Gasteiger partial charge in [0.2, 0.25) is 5.89 Å². The largest absolute Gasteiger partial charge is 0.418 e. The van der Waals surface area contributed by atoms with E-state index in [0.717, 1.165) is 12.1 Å². The van der Waals surface area contributed by atoms with E-state index in [2.05, 4.69) is 36.3 Å². The number of rotatable bonds is 3. The number of nitrogens with one attached hydrogen (secondary N) is 1. The van der Waals surface area contributed by atoms with Gasteiger partial charge >= 0.3 is 0 Å². The number of aromatic amines is 1. The van der Waals surface area contributed by atoms with Crippen molar-refractivity contribution < 1.29 is 4.42 Å². The zero-order chi connectivity index (χ0) is 9.97. The maximum absolute atomic E-state index is 5.44. The van der Waals surface area contributed by atoms with Crippen LogP contribution >= 0.6 is 15.9 Å². The Morgan fingerprint density at radius 1 is 1.57 bits per heavy atom. The molecule has 6 heteroatoms. The van der Waals surface area contributed by atoms with Crippen molar-refractivity contribution in [3.05, 3.63) is 18.2 Å². The molecule has 14 heavy (non-hydrogen) atoms. The molecule has 74 valence electrons. The fourth-order valence-corrected chi connectivity index (χ4v) is 1.20. The molecular weight excluding hydrogens is 248 g/mol. The highest BCUT2D eigenvalue weighted by Gasteiger charge is 2.14. The smallest absolute Gasteiger partial charge is 0.265 e. The Bertz CT molecular complexity index is 397. The lowest BCUT2D eigenvalue weighted by atomic mass is 10.3. The molecular formula is C8H9BrN4O. The van der Waals surface area contributed by atoms with E-state index in [9.17, 15) is 0 Å². The lowest BCUT2D eigenvalue weighted by Crippen LogP contribution is -1.86. The Balaban J connectivity index is 2.26. The molecule has 0 amide bonds. The molecule has 1 unspecified atom stereocenters. The highest BCUT2D eigenvalue weighted by molar-refractivity contribution is 9.09. The summed E-state index contributed by atoms with van der Waals surface area (Å²) in [6, 6.07) is 1.78. The Morgan fingerprint density at radius 3 is 3.07 bits per heavy atom. The van der Waals surface area contributed by atoms with Crippen molar-refractivity contribution >= 4 is 15.9 Å². The van der Waals surface area contributed by atoms with Crippen LogP contribution in [-0.2, 0) is 0 Å². The lowest BCUT2D eigenvalue weighted by Gasteiger charge is -1.97. The van der Waals surface area contributed by atoms with Crippen molar-refractivity contribution in [2.24, 2.45) is 0 Å². The Hall–Kier alpha value is -1.17. The van der Waals surface area contributed by atoms with Crippen molar-refractivity contribution in [3.8, 4) is 11.6 Å². The van der Waals surface area contributed by atoms with E-state index in [-0.39, 0.29) is 4.83 Å². The Morgan fingerprint density at radius 2 is 2.43 bits per heavy atom. The summed E-state index contributed by atoms with van der Waals surface area (Å²) in [6.45, 7) is 2.04. The molecule has 0 fully saturated rings. The average Bonchev–Trinajstić information content (AvgIpc) is 2.86. The van der Waals surface area contributed by atoms with Crippen LogP contribution in [0.3, 0.4) is 0 Å². The van der Waals surface area contributed by atoms with Crippen LogP contribution in [0, 0.1) is 0 Å². The van der Waals surface area contributed by atoms with Crippen LogP contribution in [-0.4, -0.2) is 20.4 Å². The van der Waals surface area contributed by atoms with Crippen molar-refractivity contribution in [2.45, 2.75) is 18.2 Å². The minimum atomic E-state index is 0.117. The molecule has 0 aromatic carbocycles. The average molecular weight is 257 g/mol. The number of aromatic nitrogens is 4. The Kier molecular flexibility index (Phi) is 2.62. The van der Waals surface area contributed by atoms with E-state index in [4.69, 9.17) is 4.42 Å². The third-order valence-corrected chi connectivity index (χ3v) is 2.84. The summed E-state index contributed by atoms with van der Waals surface area (Å²) in [7, 11) is 0. The van der Waals surface area contributed by atoms with Crippen LogP contribution in [0.2, 0.25) is 0 Å². The third-order valence-electron chi connectivity index (χ3n) is 1.80. The van der Waals surface area contributed by atoms with Gasteiger partial charge in [0.05, 0.1) is 4.83 Å². The minimum Gasteiger partial charge on any atom is -0.418 e. The summed E-state index contributed by atoms with van der Waals surface area (Å²) < 4.78 is 5.44. The van der Waals surface area contributed by atoms with Gasteiger partial charge in [-0.15, -0.1) is 10.2 Å². The maximum Gasteiger partial charge on any atom is 0.265 e. The molecule has 0 aliphatic rings. The summed E-state index contributed by atoms with van der Waals surface area (Å²) in [4.78, 5) is 0.117. The molecule has 0 aliphatic carbocycles. The lowest BCUT2D eigenvalue weighted by molar-refractivity contribution is 0.499. The molecule has 0 spiro atoms. The number of H-pyrrole nitrogens is 1. The number of alkyl halides is 1. The standard InChI is InChI=1S/C8H9BrN4O/c1-2-5(9)7-12-13-8(14-7)6-3-4-10-11-6/h3-5H,2H2,1H3,(H,10,11). The van der Waals surface area contributed by atoms with Gasteiger partial charge in [0, 0.05) is 6.20 Å². The highest BCUT2D eigenvalue weighted by atomic mass is 79.9. The highest BCUT2D eigenvalue weighted by Crippen LogP contribution is 2.26. The zero-order valence-corrected chi connectivity index (χ0v) is 9.15. The number of nitrogens with zero attached hydrogens (tertiary/aromatic N) is 3. The molecule has 2 aromatic rings. The van der Waals surface area contributed by atoms with Gasteiger partial charge < -0.3 is 4.42 Å². The predicted octanol–water partition coefficient (Wildman–Crippen LogP) is 2.31. The first kappa shape index (κ1) is 9.39. The van der Waals surface area contributed by atoms with Gasteiger partial charge in [-0.05, 0) is 12.5 Å². The summed E-state index contributed by atoms with van der Waals surface area (Å²) in [5, 5.41) is 14.4. The van der Waals surface area contributed by atoms with Crippen LogP contribution in [0.1, 0.15) is 24.1 Å². The third kappa shape index (κ3) is 1.70. The number of hydrogen-bond acceptors (Lipinski definition) is 4. The fraction of sp³-hybridized carbons (Fsp3) is 0.375. The van der Waals surface area contributed by atoms with E-state index in [1.165, 1.54) is 0 Å². The molecule has 1 N–H and O–H groups in total. The first-order valence-electron chi connectivity index (χ1n) is 4.28. The zero-order valence-electron chi connectivity index (χ0n) is 7.57. The molecule has 2 aromatic heterocycles. The molecule has 1 atom stereocenters. The molecule has 2 heterocycles. The molecule has 2 rings (SSSR count). The van der Waals surface area contributed by atoms with Gasteiger partial charge in [0.1, 0.15) is 5.69 Å². The second kappa shape index (κ2) is 3.91. The fourth-order valence-electron chi connectivity index (χ4n) is 1.02. The van der Waals surface area contributed by atoms with Crippen LogP contribution in [0.15, 0.2) is 16.7 Å². The van der Waals surface area contributed by atoms with Crippen LogP contribution in [0.4, 0.5) is 0 Å². The van der Waals surface area contributed by atoms with Gasteiger partial charge in [0.15, 0.2) is 0 Å². The topological polar surface area (TPSA) is 67.6 Å². The summed E-state index contributed by atoms with van der Waals surface area (Å²) >= 11 is 3.44. The SMILES string of the molecule is CCC(Br)c1nnc(-c2ccn[nH]2)o1. The molecule has 0 radical (unpaired) electrons. The van der Waals surface area contributed by atoms with E-state index < -0.39 is 0 Å². The van der Waals surface area contributed by atoms with E-state index >= 15 is 0 Å². The molecule has 0 saturated carbocycles. The summed E-state index contributed by atoms with van der Waals surface area (Å²) in [5.74, 6) is 1.06. The quantitative estimate of drug-likeness (QED) is 0.856. The molecule has 0 aliphatic heterocycles. The van der Waals surface area contributed by atoms with Gasteiger partial charge in [-0.25, -0.2) is 0 Å². The van der Waals surface area contributed by atoms with Crippen LogP contribution in [0.25, 0.3) is 11.6 Å². The van der Waals surface area contributed by atoms with Gasteiger partial charge in [-0.2, -0.15) is 5.10 Å². The van der Waals surface area contributed by atoms with E-state index in [1.54, 1.807) is 12.3 Å². The number of halogens is 1.